The van der Waals surface area contributed by atoms with Crippen molar-refractivity contribution in [1.29, 1.82) is 0 Å². The molecule has 0 saturated heterocycles. The minimum absolute atomic E-state index is 0. The minimum atomic E-state index is 0. The lowest BCUT2D eigenvalue weighted by molar-refractivity contribution is 0.302. The van der Waals surface area contributed by atoms with Crippen LogP contribution in [0.25, 0.3) is 145 Å². The third kappa shape index (κ3) is 19.9. The van der Waals surface area contributed by atoms with Gasteiger partial charge >= 0.3 is 0 Å². The van der Waals surface area contributed by atoms with Gasteiger partial charge in [-0.25, -0.2) is 29.9 Å². The van der Waals surface area contributed by atoms with Gasteiger partial charge in [0.25, 0.3) is 0 Å². The number of phenolic OH excluding ortho intramolecular Hbond substituents is 3. The Balaban J connectivity index is 0.000000140. The number of benzene rings is 13. The number of aromatic hydroxyl groups is 3. The van der Waals surface area contributed by atoms with E-state index in [2.05, 4.69) is 195 Å². The average molecular weight is 1960 g/mol. The largest absolute Gasteiger partial charge is 0.507 e. The summed E-state index contributed by atoms with van der Waals surface area (Å²) in [5.41, 5.74) is 31.7. The van der Waals surface area contributed by atoms with Crippen LogP contribution in [-0.4, -0.2) is 87.4 Å². The van der Waals surface area contributed by atoms with Gasteiger partial charge in [0.1, 0.15) is 51.7 Å². The second-order valence-electron chi connectivity index (χ2n) is 37.7. The van der Waals surface area contributed by atoms with Crippen molar-refractivity contribution in [2.75, 3.05) is 42.2 Å². The third-order valence-corrected chi connectivity index (χ3v) is 29.0. The highest BCUT2D eigenvalue weighted by Crippen LogP contribution is 2.57. The molecule has 2 atom stereocenters. The van der Waals surface area contributed by atoms with Gasteiger partial charge in [-0.05, 0) is 197 Å². The van der Waals surface area contributed by atoms with Gasteiger partial charge in [0.05, 0.1) is 81.9 Å². The Morgan fingerprint density at radius 3 is 1.19 bits per heavy atom. The molecule has 3 aromatic heterocycles. The van der Waals surface area contributed by atoms with Crippen LogP contribution in [0, 0.1) is 11.8 Å². The topological polar surface area (TPSA) is 193 Å². The van der Waals surface area contributed by atoms with E-state index in [0.717, 1.165) is 127 Å². The Morgan fingerprint density at radius 1 is 0.289 bits per heavy atom. The smallest absolute Gasteiger partial charge is 0.164 e. The summed E-state index contributed by atoms with van der Waals surface area (Å²) in [7, 11) is 8.35. The maximum Gasteiger partial charge on any atom is 0.164 e. The molecule has 15 nitrogen and oxygen atoms in total. The van der Waals surface area contributed by atoms with E-state index in [9.17, 15) is 15.3 Å². The summed E-state index contributed by atoms with van der Waals surface area (Å²) >= 11 is 0. The molecule has 0 saturated carbocycles. The molecule has 742 valence electrons. The molecule has 8 aliphatic carbocycles. The average Bonchev–Trinajstić information content (AvgIpc) is 0.728. The van der Waals surface area contributed by atoms with Gasteiger partial charge in [0.2, 0.25) is 0 Å². The monoisotopic (exact) mass is 1960 g/mol. The van der Waals surface area contributed by atoms with Gasteiger partial charge in [-0.2, -0.15) is 0 Å². The Hall–Kier alpha value is -17.3. The van der Waals surface area contributed by atoms with Crippen molar-refractivity contribution in [3.05, 3.63) is 449 Å². The number of rotatable bonds is 29. The second kappa shape index (κ2) is 44.7. The van der Waals surface area contributed by atoms with E-state index in [4.69, 9.17) is 58.3 Å². The molecule has 16 aromatic rings. The summed E-state index contributed by atoms with van der Waals surface area (Å²) in [6.45, 7) is 2.90. The van der Waals surface area contributed by atoms with Crippen molar-refractivity contribution in [3.8, 4) is 142 Å². The van der Waals surface area contributed by atoms with E-state index in [0.29, 0.717) is 69.4 Å². The summed E-state index contributed by atoms with van der Waals surface area (Å²) in [6.07, 6.45) is 45.9. The van der Waals surface area contributed by atoms with Crippen molar-refractivity contribution in [2.24, 2.45) is 11.8 Å². The fraction of sp³-hybridized carbons (Fsp3) is 0.179. The van der Waals surface area contributed by atoms with Gasteiger partial charge in [-0.15, -0.1) is 0 Å². The maximum atomic E-state index is 11.4. The fourth-order valence-electron chi connectivity index (χ4n) is 21.8. The molecule has 3 heterocycles. The van der Waals surface area contributed by atoms with Crippen LogP contribution in [0.4, 0.5) is 0 Å². The number of hydrogen-bond acceptors (Lipinski definition) is 15. The number of allylic oxidation sites excluding steroid dienone is 28. The first-order valence-corrected chi connectivity index (χ1v) is 50.5. The molecule has 0 aliphatic heterocycles. The number of methoxy groups -OCH3 is 5. The van der Waals surface area contributed by atoms with Crippen LogP contribution in [0.2, 0.25) is 0 Å². The van der Waals surface area contributed by atoms with Gasteiger partial charge in [-0.1, -0.05) is 366 Å². The number of phenols is 3. The minimum Gasteiger partial charge on any atom is -0.507 e. The highest BCUT2D eigenvalue weighted by Gasteiger charge is 2.41. The number of ether oxygens (including phenoxy) is 6. The molecule has 15 heteroatoms. The van der Waals surface area contributed by atoms with Crippen molar-refractivity contribution < 1.29 is 43.7 Å². The maximum absolute atomic E-state index is 11.4. The van der Waals surface area contributed by atoms with Crippen LogP contribution in [0.5, 0.6) is 51.7 Å². The van der Waals surface area contributed by atoms with Crippen LogP contribution in [0.15, 0.2) is 426 Å². The SMILES string of the molecule is C.C.C.CCCCCCCCCCCCOc1ccc(-c2nc(-c3ccccc3)cc(-c3ccc4ccc5c(-c6ccccc6OC)ccc6ccc3c4c65)n2)c(O)c1.COc1ccc(-c2cc(-c3ccccc3)nc(C3=CC=C4C=CC5=C6C(=CC=C3C46)CC=C5c3ccccc3OC)n2)c(O)c1.COc1ccc(-c2cc(C3=CC=C4C=CC5=C6C(=CC=C3C46)CC=C5c3ccccc3OC)nc(-c3ccccc3)n2)c(O)c1. The Bertz CT molecular complexity index is 8000. The summed E-state index contributed by atoms with van der Waals surface area (Å²) in [4.78, 5) is 30.4. The van der Waals surface area contributed by atoms with Crippen molar-refractivity contribution in [2.45, 2.75) is 106 Å². The first-order chi connectivity index (χ1) is 71.9. The molecule has 0 bridgehead atoms. The molecule has 0 fully saturated rings. The van der Waals surface area contributed by atoms with Crippen molar-refractivity contribution >= 4 is 54.6 Å². The van der Waals surface area contributed by atoms with E-state index >= 15 is 0 Å². The zero-order chi connectivity index (χ0) is 99.3. The number of unbranched alkanes of at least 4 members (excludes halogenated alkanes) is 9. The Morgan fingerprint density at radius 2 is 0.678 bits per heavy atom. The zero-order valence-electron chi connectivity index (χ0n) is 82.5. The molecule has 13 aromatic carbocycles. The quantitative estimate of drug-likeness (QED) is 0.0296. The van der Waals surface area contributed by atoms with E-state index in [-0.39, 0.29) is 51.4 Å². The van der Waals surface area contributed by atoms with Crippen LogP contribution >= 0.6 is 0 Å². The molecule has 24 rings (SSSR count). The molecule has 2 unspecified atom stereocenters. The standard InChI is InChI=1S/C51H50N2O3.2C40H30N2O3.3CH4/c1-3-4-5-6-7-8-9-10-11-17-32-56-38-26-31-44(47(54)33-38)51-52-45(35-18-13-12-14-19-35)34-46(53-51)40-28-23-37-24-29-42-39(41-20-15-16-21-48(41)55-2)27-22-36-25-30-43(40)50(37)49(36)42;1-44-27-16-21-33(36(43)22-27)35-23-34(41-40(42-35)26-8-4-3-5-9-26)29-18-13-25-14-19-31-28(30-10-6-7-11-37(30)45-2)17-12-24-15-20-32(29)39(25)38(24)31;1-44-27-16-21-33(36(43)22-27)35-23-34(24-8-4-3-5-9-24)41-40(42-35)32-20-15-26-13-18-30-28(29-10-6-7-11-37(29)45-2)17-12-25-14-19-31(32)39(26)38(25)30;;;/h12-16,18-31,33-34,54H,3-11,17,32H2,1-2H3;2*3-11,13-23,39,43H,12H2,1-2H3;3*1H4. The summed E-state index contributed by atoms with van der Waals surface area (Å²) in [5.74, 6) is 6.57. The number of hydrogen-bond donors (Lipinski definition) is 3. The van der Waals surface area contributed by atoms with Gasteiger partial charge < -0.3 is 43.7 Å². The van der Waals surface area contributed by atoms with E-state index in [1.165, 1.54) is 145 Å². The molecular formula is C134H122N6O9. The Labute approximate surface area is 873 Å². The zero-order valence-corrected chi connectivity index (χ0v) is 82.5. The predicted molar refractivity (Wildman–Crippen MR) is 610 cm³/mol. The molecule has 8 aliphatic rings. The van der Waals surface area contributed by atoms with Crippen LogP contribution in [-0.2, 0) is 0 Å². The molecule has 0 spiro atoms. The van der Waals surface area contributed by atoms with E-state index < -0.39 is 0 Å². The molecule has 149 heavy (non-hydrogen) atoms. The van der Waals surface area contributed by atoms with Crippen molar-refractivity contribution in [3.63, 3.8) is 0 Å². The lowest BCUT2D eigenvalue weighted by atomic mass is 9.65. The third-order valence-electron chi connectivity index (χ3n) is 29.0. The highest BCUT2D eigenvalue weighted by molar-refractivity contribution is 6.28. The molecule has 0 radical (unpaired) electrons. The number of para-hydroxylation sites is 3. The lowest BCUT2D eigenvalue weighted by Gasteiger charge is -2.38. The number of aromatic nitrogens is 6. The summed E-state index contributed by atoms with van der Waals surface area (Å²) in [6, 6.07) is 94.6. The van der Waals surface area contributed by atoms with E-state index in [1.807, 2.05) is 164 Å². The van der Waals surface area contributed by atoms with Gasteiger partial charge in [0, 0.05) is 91.3 Å². The fourth-order valence-corrected chi connectivity index (χ4v) is 21.8. The second-order valence-corrected chi connectivity index (χ2v) is 37.7. The molecule has 0 amide bonds. The van der Waals surface area contributed by atoms with Crippen LogP contribution < -0.4 is 28.4 Å². The Kier molecular flexibility index (Phi) is 30.1. The summed E-state index contributed by atoms with van der Waals surface area (Å²) < 4.78 is 34.1. The van der Waals surface area contributed by atoms with Crippen LogP contribution in [0.3, 0.4) is 0 Å². The normalized spacial score (nSPS) is 15.1. The molecular weight excluding hydrogens is 1840 g/mol. The highest BCUT2D eigenvalue weighted by atomic mass is 16.5. The first kappa shape index (κ1) is 100. The van der Waals surface area contributed by atoms with Crippen molar-refractivity contribution in [1.82, 2.24) is 29.9 Å². The van der Waals surface area contributed by atoms with Crippen LogP contribution in [0.1, 0.15) is 129 Å². The lowest BCUT2D eigenvalue weighted by Crippen LogP contribution is -2.24. The first-order valence-electron chi connectivity index (χ1n) is 50.5. The van der Waals surface area contributed by atoms with Gasteiger partial charge in [-0.3, -0.25) is 0 Å². The van der Waals surface area contributed by atoms with Gasteiger partial charge in [0.15, 0.2) is 17.5 Å². The number of nitrogens with zero attached hydrogens (tertiary/aromatic N) is 6. The molecule has 3 N–H and O–H groups in total. The van der Waals surface area contributed by atoms with E-state index in [1.54, 1.807) is 53.7 Å². The predicted octanol–water partition coefficient (Wildman–Crippen LogP) is 33.4. The summed E-state index contributed by atoms with van der Waals surface area (Å²) in [5, 5.41) is 40.4.